The number of hydrogen-bond acceptors (Lipinski definition) is 8. The Kier molecular flexibility index (Phi) is 7.57. The van der Waals surface area contributed by atoms with Gasteiger partial charge < -0.3 is 25.3 Å². The molecule has 0 radical (unpaired) electrons. The van der Waals surface area contributed by atoms with Crippen molar-refractivity contribution in [1.82, 2.24) is 9.97 Å². The maximum absolute atomic E-state index is 14.3. The minimum absolute atomic E-state index is 0.0142. The molecule has 1 atom stereocenters. The SMILES string of the molecule is C=C(F)C(=C(F)C=CC)c1nc(C(=O)Nc2cnccc2OCC2COC(C)(C)O2)c(N)s1. The molecule has 1 saturated heterocycles. The van der Waals surface area contributed by atoms with Crippen LogP contribution in [0, 0.1) is 0 Å². The summed E-state index contributed by atoms with van der Waals surface area (Å²) in [6.07, 6.45) is 5.09. The third-order valence-corrected chi connectivity index (χ3v) is 5.33. The Labute approximate surface area is 193 Å². The molecule has 3 heterocycles. The monoisotopic (exact) mass is 478 g/mol. The van der Waals surface area contributed by atoms with Crippen LogP contribution < -0.4 is 15.8 Å². The van der Waals surface area contributed by atoms with Gasteiger partial charge in [-0.2, -0.15) is 0 Å². The van der Waals surface area contributed by atoms with E-state index in [0.29, 0.717) is 12.4 Å². The molecule has 1 unspecified atom stereocenters. The Morgan fingerprint density at radius 2 is 2.24 bits per heavy atom. The highest BCUT2D eigenvalue weighted by molar-refractivity contribution is 7.17. The lowest BCUT2D eigenvalue weighted by Crippen LogP contribution is -2.25. The standard InChI is InChI=1S/C22H24F2N4O4S/c1-5-6-14(24)17(12(2)23)21-28-18(19(25)33-21)20(29)27-15-9-26-8-7-16(15)30-10-13-11-31-22(3,4)32-13/h5-9,13H,2,10-11,25H2,1,3-4H3,(H,27,29). The summed E-state index contributed by atoms with van der Waals surface area (Å²) in [6.45, 7) is 8.90. The van der Waals surface area contributed by atoms with Gasteiger partial charge in [0.05, 0.1) is 18.4 Å². The number of allylic oxidation sites excluding steroid dienone is 5. The van der Waals surface area contributed by atoms with E-state index in [-0.39, 0.29) is 34.1 Å². The average Bonchev–Trinajstić information content (AvgIpc) is 3.29. The number of rotatable bonds is 8. The van der Waals surface area contributed by atoms with Crippen LogP contribution in [0.1, 0.15) is 36.3 Å². The van der Waals surface area contributed by atoms with E-state index in [2.05, 4.69) is 21.9 Å². The van der Waals surface area contributed by atoms with Crippen LogP contribution in [0.2, 0.25) is 0 Å². The summed E-state index contributed by atoms with van der Waals surface area (Å²) < 4.78 is 45.2. The van der Waals surface area contributed by atoms with Gasteiger partial charge in [-0.3, -0.25) is 9.78 Å². The topological polar surface area (TPSA) is 109 Å². The van der Waals surface area contributed by atoms with Crippen molar-refractivity contribution in [3.63, 3.8) is 0 Å². The van der Waals surface area contributed by atoms with E-state index in [4.69, 9.17) is 19.9 Å². The fraction of sp³-hybridized carbons (Fsp3) is 0.318. The highest BCUT2D eigenvalue weighted by atomic mass is 32.1. The molecule has 1 aliphatic rings. The number of carbonyl (C=O) groups is 1. The highest BCUT2D eigenvalue weighted by Crippen LogP contribution is 2.35. The Morgan fingerprint density at radius 3 is 2.88 bits per heavy atom. The molecule has 8 nitrogen and oxygen atoms in total. The van der Waals surface area contributed by atoms with Gasteiger partial charge in [-0.1, -0.05) is 24.0 Å². The molecule has 0 saturated carbocycles. The molecule has 3 rings (SSSR count). The Balaban J connectivity index is 1.77. The molecule has 0 aromatic carbocycles. The van der Waals surface area contributed by atoms with E-state index >= 15 is 0 Å². The lowest BCUT2D eigenvalue weighted by atomic mass is 10.2. The number of halogens is 2. The van der Waals surface area contributed by atoms with Crippen LogP contribution in [0.3, 0.4) is 0 Å². The number of ether oxygens (including phenoxy) is 3. The Morgan fingerprint density at radius 1 is 1.48 bits per heavy atom. The first-order chi connectivity index (χ1) is 15.6. The van der Waals surface area contributed by atoms with Crippen molar-refractivity contribution in [2.24, 2.45) is 0 Å². The van der Waals surface area contributed by atoms with Gasteiger partial charge in [-0.05, 0) is 26.8 Å². The van der Waals surface area contributed by atoms with Crippen LogP contribution in [-0.2, 0) is 9.47 Å². The van der Waals surface area contributed by atoms with Crippen molar-refractivity contribution >= 4 is 33.5 Å². The summed E-state index contributed by atoms with van der Waals surface area (Å²) >= 11 is 0.771. The minimum Gasteiger partial charge on any atom is -0.488 e. The highest BCUT2D eigenvalue weighted by Gasteiger charge is 2.33. The first-order valence-electron chi connectivity index (χ1n) is 9.95. The maximum Gasteiger partial charge on any atom is 0.277 e. The Hall–Kier alpha value is -3.15. The second-order valence-corrected chi connectivity index (χ2v) is 8.48. The van der Waals surface area contributed by atoms with Crippen molar-refractivity contribution < 1.29 is 27.8 Å². The Bertz CT molecular complexity index is 1110. The summed E-state index contributed by atoms with van der Waals surface area (Å²) in [7, 11) is 0. The quantitative estimate of drug-likeness (QED) is 0.532. The number of amides is 1. The number of thiazole rings is 1. The fourth-order valence-electron chi connectivity index (χ4n) is 2.99. The van der Waals surface area contributed by atoms with Crippen LogP contribution in [0.4, 0.5) is 19.5 Å². The van der Waals surface area contributed by atoms with Crippen molar-refractivity contribution in [1.29, 1.82) is 0 Å². The molecular formula is C22H24F2N4O4S. The third kappa shape index (κ3) is 6.01. The summed E-state index contributed by atoms with van der Waals surface area (Å²) in [4.78, 5) is 20.8. The van der Waals surface area contributed by atoms with Gasteiger partial charge in [0.1, 0.15) is 45.8 Å². The second kappa shape index (κ2) is 10.2. The lowest BCUT2D eigenvalue weighted by Gasteiger charge is -2.18. The van der Waals surface area contributed by atoms with Crippen molar-refractivity contribution in [2.45, 2.75) is 32.7 Å². The minimum atomic E-state index is -1.03. The van der Waals surface area contributed by atoms with Gasteiger partial charge >= 0.3 is 0 Å². The van der Waals surface area contributed by atoms with Gasteiger partial charge in [0.25, 0.3) is 5.91 Å². The summed E-state index contributed by atoms with van der Waals surface area (Å²) in [5.74, 6) is -2.94. The largest absolute Gasteiger partial charge is 0.488 e. The van der Waals surface area contributed by atoms with E-state index < -0.39 is 28.9 Å². The van der Waals surface area contributed by atoms with Crippen molar-refractivity contribution in [2.75, 3.05) is 24.3 Å². The van der Waals surface area contributed by atoms with Crippen LogP contribution >= 0.6 is 11.3 Å². The second-order valence-electron chi connectivity index (χ2n) is 7.45. The van der Waals surface area contributed by atoms with E-state index in [0.717, 1.165) is 17.4 Å². The smallest absolute Gasteiger partial charge is 0.277 e. The molecule has 3 N–H and O–H groups in total. The van der Waals surface area contributed by atoms with Gasteiger partial charge in [-0.15, -0.1) is 0 Å². The molecule has 33 heavy (non-hydrogen) atoms. The molecule has 176 valence electrons. The predicted octanol–water partition coefficient (Wildman–Crippen LogP) is 4.64. The average molecular weight is 479 g/mol. The molecule has 11 heteroatoms. The lowest BCUT2D eigenvalue weighted by molar-refractivity contribution is -0.141. The number of carbonyl (C=O) groups excluding carboxylic acids is 1. The number of hydrogen-bond donors (Lipinski definition) is 2. The van der Waals surface area contributed by atoms with E-state index in [9.17, 15) is 13.6 Å². The predicted molar refractivity (Wildman–Crippen MR) is 122 cm³/mol. The number of nitrogens with zero attached hydrogens (tertiary/aromatic N) is 2. The molecule has 1 aliphatic heterocycles. The molecule has 2 aromatic rings. The van der Waals surface area contributed by atoms with Crippen LogP contribution in [0.15, 0.2) is 48.8 Å². The number of pyridine rings is 1. The molecular weight excluding hydrogens is 454 g/mol. The number of aromatic nitrogens is 2. The molecule has 1 fully saturated rings. The summed E-state index contributed by atoms with van der Waals surface area (Å²) in [6, 6.07) is 1.58. The normalized spacial score (nSPS) is 18.3. The molecule has 0 bridgehead atoms. The fourth-order valence-corrected chi connectivity index (χ4v) is 3.88. The number of anilines is 2. The van der Waals surface area contributed by atoms with E-state index in [1.54, 1.807) is 26.8 Å². The summed E-state index contributed by atoms with van der Waals surface area (Å²) in [5, 5.41) is 2.50. The number of nitrogens with two attached hydrogens (primary N) is 1. The first kappa shape index (κ1) is 24.5. The van der Waals surface area contributed by atoms with Crippen LogP contribution in [0.25, 0.3) is 5.57 Å². The molecule has 1 amide bonds. The van der Waals surface area contributed by atoms with Gasteiger partial charge in [0, 0.05) is 12.3 Å². The van der Waals surface area contributed by atoms with Crippen LogP contribution in [-0.4, -0.2) is 41.0 Å². The zero-order valence-corrected chi connectivity index (χ0v) is 19.2. The van der Waals surface area contributed by atoms with Gasteiger partial charge in [0.2, 0.25) is 0 Å². The van der Waals surface area contributed by atoms with Crippen molar-refractivity contribution in [3.05, 3.63) is 59.5 Å². The van der Waals surface area contributed by atoms with E-state index in [1.807, 2.05) is 0 Å². The number of nitrogens with one attached hydrogen (secondary N) is 1. The molecule has 2 aromatic heterocycles. The third-order valence-electron chi connectivity index (χ3n) is 4.43. The molecule has 0 spiro atoms. The molecule has 0 aliphatic carbocycles. The maximum atomic E-state index is 14.3. The van der Waals surface area contributed by atoms with Crippen LogP contribution in [0.5, 0.6) is 5.75 Å². The number of nitrogen functional groups attached to an aromatic ring is 1. The van der Waals surface area contributed by atoms with E-state index in [1.165, 1.54) is 18.5 Å². The van der Waals surface area contributed by atoms with Crippen molar-refractivity contribution in [3.8, 4) is 5.75 Å². The van der Waals surface area contributed by atoms with Gasteiger partial charge in [0.15, 0.2) is 11.5 Å². The zero-order valence-electron chi connectivity index (χ0n) is 18.4. The first-order valence-corrected chi connectivity index (χ1v) is 10.8. The summed E-state index contributed by atoms with van der Waals surface area (Å²) in [5.41, 5.74) is 5.53. The van der Waals surface area contributed by atoms with Gasteiger partial charge in [-0.25, -0.2) is 13.8 Å². The zero-order chi connectivity index (χ0) is 24.2.